The van der Waals surface area contributed by atoms with Crippen LogP contribution in [0.5, 0.6) is 5.88 Å². The Labute approximate surface area is 166 Å². The van der Waals surface area contributed by atoms with Crippen LogP contribution in [0.25, 0.3) is 0 Å². The molecule has 156 valence electrons. The number of aromatic nitrogens is 1. The predicted octanol–water partition coefficient (Wildman–Crippen LogP) is 2.60. The standard InChI is InChI=1S/C19H28FN3O4S/c1-4-15(12-20)14-27-18-6-5-17(13-21-18)28(25,26)23-9-7-16(8-10-23)11-19(24)22(2)3/h5-6,12-13,16H,4,7-11,14H2,1-3H3/b15-12-. The monoisotopic (exact) mass is 413 g/mol. The van der Waals surface area contributed by atoms with Gasteiger partial charge in [-0.1, -0.05) is 6.92 Å². The second-order valence-electron chi connectivity index (χ2n) is 7.08. The van der Waals surface area contributed by atoms with Crippen molar-refractivity contribution in [3.05, 3.63) is 30.2 Å². The van der Waals surface area contributed by atoms with Crippen molar-refractivity contribution in [1.82, 2.24) is 14.2 Å². The zero-order valence-electron chi connectivity index (χ0n) is 16.6. The minimum absolute atomic E-state index is 0.0648. The predicted molar refractivity (Wildman–Crippen MR) is 104 cm³/mol. The highest BCUT2D eigenvalue weighted by molar-refractivity contribution is 7.89. The van der Waals surface area contributed by atoms with Crippen molar-refractivity contribution in [2.24, 2.45) is 5.92 Å². The number of pyridine rings is 1. The van der Waals surface area contributed by atoms with Gasteiger partial charge >= 0.3 is 0 Å². The van der Waals surface area contributed by atoms with Gasteiger partial charge < -0.3 is 9.64 Å². The number of halogens is 1. The zero-order chi connectivity index (χ0) is 20.7. The Morgan fingerprint density at radius 2 is 2.04 bits per heavy atom. The maximum Gasteiger partial charge on any atom is 0.244 e. The number of carbonyl (C=O) groups is 1. The third kappa shape index (κ3) is 5.75. The van der Waals surface area contributed by atoms with Crippen molar-refractivity contribution in [2.45, 2.75) is 37.5 Å². The Bertz CT molecular complexity index is 786. The van der Waals surface area contributed by atoms with E-state index in [0.717, 1.165) is 0 Å². The van der Waals surface area contributed by atoms with E-state index in [-0.39, 0.29) is 29.2 Å². The van der Waals surface area contributed by atoms with E-state index in [2.05, 4.69) is 4.98 Å². The van der Waals surface area contributed by atoms with Gasteiger partial charge in [0.25, 0.3) is 0 Å². The summed E-state index contributed by atoms with van der Waals surface area (Å²) in [5.41, 5.74) is 0.495. The number of ether oxygens (including phenoxy) is 1. The maximum atomic E-state index is 12.8. The SMILES string of the molecule is CC/C(=C/F)COc1ccc(S(=O)(=O)N2CCC(CC(=O)N(C)C)CC2)cn1. The van der Waals surface area contributed by atoms with Gasteiger partial charge in [0.1, 0.15) is 11.5 Å². The molecule has 1 saturated heterocycles. The summed E-state index contributed by atoms with van der Waals surface area (Å²) < 4.78 is 45.0. The molecule has 7 nitrogen and oxygen atoms in total. The molecule has 0 saturated carbocycles. The van der Waals surface area contributed by atoms with Gasteiger partial charge in [-0.3, -0.25) is 4.79 Å². The minimum atomic E-state index is -3.64. The molecule has 1 aliphatic rings. The lowest BCUT2D eigenvalue weighted by Crippen LogP contribution is -2.39. The lowest BCUT2D eigenvalue weighted by molar-refractivity contribution is -0.129. The first kappa shape index (κ1) is 22.3. The van der Waals surface area contributed by atoms with E-state index in [1.807, 2.05) is 6.92 Å². The van der Waals surface area contributed by atoms with Gasteiger partial charge in [0.2, 0.25) is 21.8 Å². The molecule has 0 radical (unpaired) electrons. The molecule has 28 heavy (non-hydrogen) atoms. The van der Waals surface area contributed by atoms with Gasteiger partial charge in [-0.25, -0.2) is 17.8 Å². The van der Waals surface area contributed by atoms with E-state index in [0.29, 0.717) is 50.7 Å². The summed E-state index contributed by atoms with van der Waals surface area (Å²) in [7, 11) is -0.196. The summed E-state index contributed by atoms with van der Waals surface area (Å²) in [6.45, 7) is 2.66. The first-order valence-corrected chi connectivity index (χ1v) is 10.8. The van der Waals surface area contributed by atoms with Gasteiger partial charge in [0.05, 0.1) is 12.5 Å². The van der Waals surface area contributed by atoms with E-state index >= 15 is 0 Å². The molecule has 0 atom stereocenters. The number of amides is 1. The van der Waals surface area contributed by atoms with Crippen molar-refractivity contribution in [3.8, 4) is 5.88 Å². The van der Waals surface area contributed by atoms with Crippen molar-refractivity contribution >= 4 is 15.9 Å². The van der Waals surface area contributed by atoms with Crippen LogP contribution in [0.15, 0.2) is 35.1 Å². The molecule has 1 amide bonds. The van der Waals surface area contributed by atoms with E-state index < -0.39 is 10.0 Å². The van der Waals surface area contributed by atoms with Crippen molar-refractivity contribution in [3.63, 3.8) is 0 Å². The molecule has 0 unspecified atom stereocenters. The molecular weight excluding hydrogens is 385 g/mol. The summed E-state index contributed by atoms with van der Waals surface area (Å²) in [5, 5.41) is 0. The number of hydrogen-bond acceptors (Lipinski definition) is 5. The maximum absolute atomic E-state index is 12.8. The molecule has 2 heterocycles. The van der Waals surface area contributed by atoms with Crippen molar-refractivity contribution in [1.29, 1.82) is 0 Å². The third-order valence-corrected chi connectivity index (χ3v) is 6.78. The molecule has 0 spiro atoms. The zero-order valence-corrected chi connectivity index (χ0v) is 17.4. The number of rotatable bonds is 8. The first-order chi connectivity index (χ1) is 13.3. The van der Waals surface area contributed by atoms with Crippen LogP contribution in [0.2, 0.25) is 0 Å². The average Bonchev–Trinajstić information content (AvgIpc) is 2.69. The Hall–Kier alpha value is -2.00. The van der Waals surface area contributed by atoms with Gasteiger partial charge in [0.15, 0.2) is 0 Å². The third-order valence-electron chi connectivity index (χ3n) is 4.90. The number of hydrogen-bond donors (Lipinski definition) is 0. The molecule has 1 aromatic rings. The molecule has 0 aromatic carbocycles. The van der Waals surface area contributed by atoms with Crippen LogP contribution >= 0.6 is 0 Å². The molecule has 0 bridgehead atoms. The second-order valence-corrected chi connectivity index (χ2v) is 9.02. The first-order valence-electron chi connectivity index (χ1n) is 9.35. The Morgan fingerprint density at radius 3 is 2.54 bits per heavy atom. The topological polar surface area (TPSA) is 79.8 Å². The fraction of sp³-hybridized carbons (Fsp3) is 0.579. The van der Waals surface area contributed by atoms with E-state index in [9.17, 15) is 17.6 Å². The summed E-state index contributed by atoms with van der Waals surface area (Å²) in [4.78, 5) is 17.5. The summed E-state index contributed by atoms with van der Waals surface area (Å²) in [5.74, 6) is 0.508. The highest BCUT2D eigenvalue weighted by Gasteiger charge is 2.30. The fourth-order valence-electron chi connectivity index (χ4n) is 2.91. The largest absolute Gasteiger partial charge is 0.473 e. The normalized spacial score (nSPS) is 16.8. The van der Waals surface area contributed by atoms with Crippen LogP contribution in [0, 0.1) is 5.92 Å². The molecule has 0 N–H and O–H groups in total. The summed E-state index contributed by atoms with van der Waals surface area (Å²) in [6, 6.07) is 2.92. The number of piperidine rings is 1. The van der Waals surface area contributed by atoms with E-state index in [1.54, 1.807) is 19.0 Å². The van der Waals surface area contributed by atoms with E-state index in [1.165, 1.54) is 22.6 Å². The second kappa shape index (κ2) is 9.97. The quantitative estimate of drug-likeness (QED) is 0.655. The average molecular weight is 414 g/mol. The van der Waals surface area contributed by atoms with Gasteiger partial charge in [-0.15, -0.1) is 0 Å². The minimum Gasteiger partial charge on any atom is -0.473 e. The lowest BCUT2D eigenvalue weighted by Gasteiger charge is -2.31. The smallest absolute Gasteiger partial charge is 0.244 e. The van der Waals surface area contributed by atoms with Crippen LogP contribution in [0.4, 0.5) is 4.39 Å². The Balaban J connectivity index is 1.95. The number of carbonyl (C=O) groups excluding carboxylic acids is 1. The summed E-state index contributed by atoms with van der Waals surface area (Å²) >= 11 is 0. The molecule has 1 aromatic heterocycles. The van der Waals surface area contributed by atoms with Crippen LogP contribution < -0.4 is 4.74 Å². The highest BCUT2D eigenvalue weighted by atomic mass is 32.2. The van der Waals surface area contributed by atoms with Crippen molar-refractivity contribution in [2.75, 3.05) is 33.8 Å². The van der Waals surface area contributed by atoms with Crippen LogP contribution in [-0.4, -0.2) is 62.3 Å². The van der Waals surface area contributed by atoms with Gasteiger partial charge in [0, 0.05) is 39.7 Å². The molecule has 2 rings (SSSR count). The molecular formula is C19H28FN3O4S. The highest BCUT2D eigenvalue weighted by Crippen LogP contribution is 2.26. The Kier molecular flexibility index (Phi) is 7.94. The molecule has 1 aliphatic heterocycles. The summed E-state index contributed by atoms with van der Waals surface area (Å²) in [6.07, 6.45) is 4.05. The lowest BCUT2D eigenvalue weighted by atomic mass is 9.94. The van der Waals surface area contributed by atoms with Crippen LogP contribution in [-0.2, 0) is 14.8 Å². The molecule has 1 fully saturated rings. The number of nitrogens with zero attached hydrogens (tertiary/aromatic N) is 3. The fourth-order valence-corrected chi connectivity index (χ4v) is 4.33. The van der Waals surface area contributed by atoms with Gasteiger partial charge in [-0.2, -0.15) is 4.31 Å². The van der Waals surface area contributed by atoms with Crippen LogP contribution in [0.1, 0.15) is 32.6 Å². The van der Waals surface area contributed by atoms with Crippen LogP contribution in [0.3, 0.4) is 0 Å². The van der Waals surface area contributed by atoms with Crippen molar-refractivity contribution < 1.29 is 22.3 Å². The Morgan fingerprint density at radius 1 is 1.36 bits per heavy atom. The van der Waals surface area contributed by atoms with E-state index in [4.69, 9.17) is 4.74 Å². The van der Waals surface area contributed by atoms with Gasteiger partial charge in [-0.05, 0) is 36.8 Å². The number of sulfonamides is 1. The molecule has 0 aliphatic carbocycles. The molecule has 9 heteroatoms.